The quantitative estimate of drug-likeness (QED) is 0.512. The van der Waals surface area contributed by atoms with E-state index in [1.807, 2.05) is 31.3 Å². The molecule has 3 nitrogen and oxygen atoms in total. The monoisotopic (exact) mass is 410 g/mol. The second-order valence-corrected chi connectivity index (χ2v) is 9.20. The van der Waals surface area contributed by atoms with Crippen LogP contribution in [0, 0.1) is 0 Å². The van der Waals surface area contributed by atoms with Crippen LogP contribution in [0.5, 0.6) is 0 Å². The number of thiazole rings is 1. The third-order valence-corrected chi connectivity index (χ3v) is 6.43. The number of fused-ring (bicyclic) bond motifs is 1. The summed E-state index contributed by atoms with van der Waals surface area (Å²) in [7, 11) is 1.83. The lowest BCUT2D eigenvalue weighted by molar-refractivity contribution is 0.0998. The highest BCUT2D eigenvalue weighted by atomic mass is 35.5. The molecule has 3 rings (SSSR count). The summed E-state index contributed by atoms with van der Waals surface area (Å²) < 4.78 is 2.63. The Morgan fingerprint density at radius 3 is 2.36 bits per heavy atom. The summed E-state index contributed by atoms with van der Waals surface area (Å²) in [4.78, 5) is 18.5. The summed E-state index contributed by atoms with van der Waals surface area (Å²) in [5.74, 6) is -0.282. The van der Waals surface area contributed by atoms with Gasteiger partial charge in [-0.05, 0) is 36.4 Å². The molecule has 7 heteroatoms. The van der Waals surface area contributed by atoms with E-state index in [1.165, 1.54) is 11.3 Å². The highest BCUT2D eigenvalue weighted by Crippen LogP contribution is 2.31. The van der Waals surface area contributed by atoms with Crippen molar-refractivity contribution < 1.29 is 4.79 Å². The molecule has 0 atom stereocenters. The summed E-state index contributed by atoms with van der Waals surface area (Å²) in [6, 6.07) is 11.0. The van der Waals surface area contributed by atoms with Crippen molar-refractivity contribution >= 4 is 62.4 Å². The summed E-state index contributed by atoms with van der Waals surface area (Å²) in [5.41, 5.74) is 1.34. The van der Waals surface area contributed by atoms with Crippen LogP contribution in [0.15, 0.2) is 46.3 Å². The Hall–Kier alpha value is -1.27. The van der Waals surface area contributed by atoms with Gasteiger partial charge >= 0.3 is 0 Å². The molecular formula is C18H16Cl2N2OS2. The molecule has 0 spiro atoms. The number of aromatic nitrogens is 1. The fraction of sp³-hybridized carbons (Fsp3) is 0.222. The summed E-state index contributed by atoms with van der Waals surface area (Å²) in [6.07, 6.45) is 0. The van der Waals surface area contributed by atoms with Crippen LogP contribution in [0.3, 0.4) is 0 Å². The largest absolute Gasteiger partial charge is 0.318 e. The maximum absolute atomic E-state index is 12.5. The minimum Gasteiger partial charge on any atom is -0.318 e. The van der Waals surface area contributed by atoms with Gasteiger partial charge in [0.05, 0.1) is 20.3 Å². The molecule has 3 aromatic rings. The first-order chi connectivity index (χ1) is 11.9. The van der Waals surface area contributed by atoms with Gasteiger partial charge in [0.1, 0.15) is 0 Å². The van der Waals surface area contributed by atoms with E-state index in [4.69, 9.17) is 23.2 Å². The molecule has 0 N–H and O–H groups in total. The number of carbonyl (C=O) groups excluding carboxylic acids is 1. The van der Waals surface area contributed by atoms with Crippen LogP contribution in [-0.2, 0) is 7.05 Å². The average Bonchev–Trinajstić information content (AvgIpc) is 2.89. The molecule has 0 aliphatic carbocycles. The topological polar surface area (TPSA) is 34.4 Å². The maximum atomic E-state index is 12.5. The zero-order chi connectivity index (χ0) is 18.1. The van der Waals surface area contributed by atoms with Crippen molar-refractivity contribution in [2.45, 2.75) is 24.0 Å². The van der Waals surface area contributed by atoms with Crippen LogP contribution >= 0.6 is 46.3 Å². The Bertz CT molecular complexity index is 1000. The van der Waals surface area contributed by atoms with E-state index in [0.29, 0.717) is 25.7 Å². The van der Waals surface area contributed by atoms with Crippen LogP contribution in [0.25, 0.3) is 10.2 Å². The minimum atomic E-state index is -0.282. The average molecular weight is 411 g/mol. The van der Waals surface area contributed by atoms with E-state index in [2.05, 4.69) is 18.8 Å². The number of thioether (sulfide) groups is 1. The maximum Gasteiger partial charge on any atom is 0.279 e. The van der Waals surface area contributed by atoms with Gasteiger partial charge in [0.25, 0.3) is 5.91 Å². The molecule has 2 aromatic carbocycles. The molecule has 130 valence electrons. The van der Waals surface area contributed by atoms with Gasteiger partial charge in [-0.3, -0.25) is 4.79 Å². The second kappa shape index (κ2) is 7.54. The number of benzene rings is 2. The summed E-state index contributed by atoms with van der Waals surface area (Å²) in [6.45, 7) is 4.27. The molecule has 0 unspecified atom stereocenters. The van der Waals surface area contributed by atoms with Gasteiger partial charge in [-0.1, -0.05) is 48.4 Å². The lowest BCUT2D eigenvalue weighted by atomic mass is 10.2. The SMILES string of the molecule is CC(C)Sc1ccc(C(=O)N=c2sc3c(Cl)ccc(Cl)c3n2C)cc1. The van der Waals surface area contributed by atoms with Crippen molar-refractivity contribution in [3.63, 3.8) is 0 Å². The van der Waals surface area contributed by atoms with Gasteiger partial charge in [0, 0.05) is 22.8 Å². The van der Waals surface area contributed by atoms with Crippen LogP contribution in [-0.4, -0.2) is 15.7 Å². The number of nitrogens with zero attached hydrogens (tertiary/aromatic N) is 2. The van der Waals surface area contributed by atoms with Crippen molar-refractivity contribution in [3.8, 4) is 0 Å². The van der Waals surface area contributed by atoms with E-state index in [-0.39, 0.29) is 5.91 Å². The minimum absolute atomic E-state index is 0.282. The van der Waals surface area contributed by atoms with Gasteiger partial charge < -0.3 is 4.57 Å². The number of carbonyl (C=O) groups is 1. The van der Waals surface area contributed by atoms with Gasteiger partial charge in [-0.2, -0.15) is 4.99 Å². The van der Waals surface area contributed by atoms with Crippen molar-refractivity contribution in [1.29, 1.82) is 0 Å². The highest BCUT2D eigenvalue weighted by Gasteiger charge is 2.12. The fourth-order valence-corrected chi connectivity index (χ4v) is 4.88. The normalized spacial score (nSPS) is 12.3. The number of rotatable bonds is 3. The second-order valence-electron chi connectivity index (χ2n) is 5.76. The number of amides is 1. The molecule has 0 bridgehead atoms. The van der Waals surface area contributed by atoms with Crippen molar-refractivity contribution in [3.05, 3.63) is 56.8 Å². The third kappa shape index (κ3) is 3.95. The standard InChI is InChI=1S/C18H16Cl2N2OS2/c1-10(2)24-12-6-4-11(5-7-12)17(23)21-18-22(3)15-13(19)8-9-14(20)16(15)25-18/h4-10H,1-3H3. The molecular weight excluding hydrogens is 395 g/mol. The predicted octanol–water partition coefficient (Wildman–Crippen LogP) is 5.79. The third-order valence-electron chi connectivity index (χ3n) is 3.52. The molecule has 0 fully saturated rings. The Labute approximate surface area is 164 Å². The molecule has 0 aliphatic rings. The van der Waals surface area contributed by atoms with Gasteiger partial charge in [-0.25, -0.2) is 0 Å². The molecule has 0 saturated carbocycles. The first-order valence-corrected chi connectivity index (χ1v) is 10.1. The predicted molar refractivity (Wildman–Crippen MR) is 108 cm³/mol. The van der Waals surface area contributed by atoms with Crippen molar-refractivity contribution in [2.24, 2.45) is 12.0 Å². The number of hydrogen-bond donors (Lipinski definition) is 0. The van der Waals surface area contributed by atoms with Crippen LogP contribution in [0.2, 0.25) is 10.0 Å². The number of hydrogen-bond acceptors (Lipinski definition) is 3. The fourth-order valence-electron chi connectivity index (χ4n) is 2.39. The van der Waals surface area contributed by atoms with E-state index >= 15 is 0 Å². The van der Waals surface area contributed by atoms with Gasteiger partial charge in [0.2, 0.25) is 0 Å². The molecule has 0 aliphatic heterocycles. The molecule has 0 radical (unpaired) electrons. The van der Waals surface area contributed by atoms with Crippen LogP contribution in [0.1, 0.15) is 24.2 Å². The summed E-state index contributed by atoms with van der Waals surface area (Å²) >= 11 is 15.6. The first kappa shape index (κ1) is 18.5. The van der Waals surface area contributed by atoms with Crippen molar-refractivity contribution in [1.82, 2.24) is 4.57 Å². The highest BCUT2D eigenvalue weighted by molar-refractivity contribution is 7.99. The first-order valence-electron chi connectivity index (χ1n) is 7.66. The molecule has 1 amide bonds. The van der Waals surface area contributed by atoms with Crippen LogP contribution < -0.4 is 4.80 Å². The van der Waals surface area contributed by atoms with Crippen molar-refractivity contribution in [2.75, 3.05) is 0 Å². The van der Waals surface area contributed by atoms with E-state index in [0.717, 1.165) is 15.1 Å². The van der Waals surface area contributed by atoms with Gasteiger partial charge in [0.15, 0.2) is 4.80 Å². The van der Waals surface area contributed by atoms with Gasteiger partial charge in [-0.15, -0.1) is 11.8 Å². The van der Waals surface area contributed by atoms with Crippen LogP contribution in [0.4, 0.5) is 0 Å². The van der Waals surface area contributed by atoms with E-state index in [1.54, 1.807) is 28.5 Å². The lowest BCUT2D eigenvalue weighted by Gasteiger charge is -2.04. The molecule has 0 saturated heterocycles. The summed E-state index contributed by atoms with van der Waals surface area (Å²) in [5, 5.41) is 1.68. The lowest BCUT2D eigenvalue weighted by Crippen LogP contribution is -2.13. The molecule has 1 aromatic heterocycles. The Kier molecular flexibility index (Phi) is 5.58. The van der Waals surface area contributed by atoms with E-state index < -0.39 is 0 Å². The Balaban J connectivity index is 1.99. The zero-order valence-electron chi connectivity index (χ0n) is 13.9. The number of halogens is 2. The Morgan fingerprint density at radius 2 is 1.76 bits per heavy atom. The van der Waals surface area contributed by atoms with E-state index in [9.17, 15) is 4.79 Å². The molecule has 1 heterocycles. The Morgan fingerprint density at radius 1 is 1.12 bits per heavy atom. The molecule has 25 heavy (non-hydrogen) atoms. The smallest absolute Gasteiger partial charge is 0.279 e. The zero-order valence-corrected chi connectivity index (χ0v) is 17.1. The number of aryl methyl sites for hydroxylation is 1.